The van der Waals surface area contributed by atoms with Crippen LogP contribution in [0.5, 0.6) is 0 Å². The summed E-state index contributed by atoms with van der Waals surface area (Å²) in [4.78, 5) is 10.3. The highest BCUT2D eigenvalue weighted by Gasteiger charge is 1.86. The van der Waals surface area contributed by atoms with Crippen molar-refractivity contribution in [1.29, 1.82) is 0 Å². The monoisotopic (exact) mass is 259 g/mol. The number of nitrogens with zero attached hydrogens (tertiary/aromatic N) is 1. The minimum absolute atomic E-state index is 0.250. The number of halogens is 1. The van der Waals surface area contributed by atoms with Crippen LogP contribution in [0.1, 0.15) is 5.56 Å². The molecule has 0 aliphatic carbocycles. The molecule has 0 atom stereocenters. The number of nitrogens with one attached hydrogen (secondary N) is 1. The summed E-state index contributed by atoms with van der Waals surface area (Å²) in [6, 6.07) is 5.49. The van der Waals surface area contributed by atoms with Crippen molar-refractivity contribution in [2.45, 2.75) is 0 Å². The molecule has 0 heterocycles. The maximum Gasteiger partial charge on any atom is 0.332 e. The van der Waals surface area contributed by atoms with E-state index in [1.165, 1.54) is 18.3 Å². The van der Waals surface area contributed by atoms with Crippen molar-refractivity contribution in [3.8, 4) is 0 Å². The number of amides is 2. The zero-order valence-electron chi connectivity index (χ0n) is 10.2. The Bertz CT molecular complexity index is 516. The molecule has 98 valence electrons. The third-order valence-electron chi connectivity index (χ3n) is 1.94. The fraction of sp³-hybridized carbons (Fsp3) is 0. The lowest BCUT2D eigenvalue weighted by atomic mass is 10.2. The van der Waals surface area contributed by atoms with Crippen LogP contribution in [0.4, 0.5) is 9.18 Å². The van der Waals surface area contributed by atoms with Gasteiger partial charge in [-0.25, -0.2) is 14.6 Å². The maximum absolute atomic E-state index is 12.6. The highest BCUT2D eigenvalue weighted by atomic mass is 19.1. The molecule has 2 amide bonds. The molecule has 5 heteroatoms. The lowest BCUT2D eigenvalue weighted by Crippen LogP contribution is -2.24. The summed E-state index contributed by atoms with van der Waals surface area (Å²) in [6.07, 6.45) is 12.1. The average Bonchev–Trinajstić information content (AvgIpc) is 2.38. The molecule has 0 aliphatic heterocycles. The SMILES string of the molecule is NC(=O)N/N=C/C=C/C=C/C=C/c1ccc(F)cc1. The van der Waals surface area contributed by atoms with Crippen LogP contribution in [0.2, 0.25) is 0 Å². The molecule has 4 nitrogen and oxygen atoms in total. The molecule has 0 fully saturated rings. The van der Waals surface area contributed by atoms with Crippen LogP contribution in [0.25, 0.3) is 6.08 Å². The first kappa shape index (κ1) is 14.4. The number of carbonyl (C=O) groups excluding carboxylic acids is 1. The quantitative estimate of drug-likeness (QED) is 0.476. The zero-order valence-corrected chi connectivity index (χ0v) is 10.2. The Balaban J connectivity index is 2.33. The van der Waals surface area contributed by atoms with Gasteiger partial charge in [-0.3, -0.25) is 0 Å². The first-order valence-electron chi connectivity index (χ1n) is 5.52. The molecule has 1 rings (SSSR count). The molecule has 19 heavy (non-hydrogen) atoms. The molecular formula is C14H14FN3O. The van der Waals surface area contributed by atoms with Crippen LogP contribution in [-0.4, -0.2) is 12.2 Å². The highest BCUT2D eigenvalue weighted by molar-refractivity contribution is 5.76. The second-order valence-corrected chi connectivity index (χ2v) is 3.43. The summed E-state index contributed by atoms with van der Waals surface area (Å²) in [5, 5.41) is 3.52. The molecule has 1 aromatic carbocycles. The Hall–Kier alpha value is -2.69. The number of carbonyl (C=O) groups is 1. The van der Waals surface area contributed by atoms with E-state index in [-0.39, 0.29) is 5.82 Å². The van der Waals surface area contributed by atoms with Crippen molar-refractivity contribution >= 4 is 18.3 Å². The van der Waals surface area contributed by atoms with E-state index >= 15 is 0 Å². The maximum atomic E-state index is 12.6. The van der Waals surface area contributed by atoms with Crippen LogP contribution in [-0.2, 0) is 0 Å². The average molecular weight is 259 g/mol. The number of hydrogen-bond donors (Lipinski definition) is 2. The first-order valence-corrected chi connectivity index (χ1v) is 5.52. The third-order valence-corrected chi connectivity index (χ3v) is 1.94. The summed E-state index contributed by atoms with van der Waals surface area (Å²) in [6.45, 7) is 0. The molecule has 0 spiro atoms. The number of hydrogen-bond acceptors (Lipinski definition) is 2. The van der Waals surface area contributed by atoms with Crippen LogP contribution < -0.4 is 11.2 Å². The van der Waals surface area contributed by atoms with Crippen LogP contribution >= 0.6 is 0 Å². The second kappa shape index (κ2) is 8.41. The van der Waals surface area contributed by atoms with Gasteiger partial charge in [0, 0.05) is 6.21 Å². The van der Waals surface area contributed by atoms with E-state index in [0.717, 1.165) is 5.56 Å². The summed E-state index contributed by atoms with van der Waals surface area (Å²) in [5.41, 5.74) is 7.78. The molecule has 0 aromatic heterocycles. The largest absolute Gasteiger partial charge is 0.350 e. The lowest BCUT2D eigenvalue weighted by molar-refractivity contribution is 0.249. The zero-order chi connectivity index (χ0) is 13.9. The van der Waals surface area contributed by atoms with Gasteiger partial charge in [0.25, 0.3) is 0 Å². The van der Waals surface area contributed by atoms with E-state index in [1.54, 1.807) is 30.4 Å². The van der Waals surface area contributed by atoms with Gasteiger partial charge in [-0.15, -0.1) is 0 Å². The van der Waals surface area contributed by atoms with E-state index in [1.807, 2.05) is 18.2 Å². The molecule has 0 saturated carbocycles. The smallest absolute Gasteiger partial charge is 0.332 e. The van der Waals surface area contributed by atoms with Gasteiger partial charge in [-0.1, -0.05) is 42.5 Å². The van der Waals surface area contributed by atoms with Crippen LogP contribution in [0.15, 0.2) is 59.7 Å². The molecule has 0 radical (unpaired) electrons. The van der Waals surface area contributed by atoms with Gasteiger partial charge in [0.2, 0.25) is 0 Å². The number of urea groups is 1. The predicted molar refractivity (Wildman–Crippen MR) is 74.9 cm³/mol. The minimum atomic E-state index is -0.706. The number of primary amides is 1. The van der Waals surface area contributed by atoms with Gasteiger partial charge in [-0.2, -0.15) is 5.10 Å². The molecule has 0 saturated heterocycles. The Morgan fingerprint density at radius 3 is 2.42 bits per heavy atom. The molecule has 0 bridgehead atoms. The molecule has 1 aromatic rings. The Kier molecular flexibility index (Phi) is 6.36. The lowest BCUT2D eigenvalue weighted by Gasteiger charge is -1.90. The normalized spacial score (nSPS) is 12.1. The van der Waals surface area contributed by atoms with Gasteiger partial charge in [-0.05, 0) is 23.8 Å². The van der Waals surface area contributed by atoms with E-state index < -0.39 is 6.03 Å². The topological polar surface area (TPSA) is 67.5 Å². The van der Waals surface area contributed by atoms with Gasteiger partial charge in [0.15, 0.2) is 0 Å². The number of allylic oxidation sites excluding steroid dienone is 5. The number of hydrazone groups is 1. The van der Waals surface area contributed by atoms with Gasteiger partial charge < -0.3 is 5.73 Å². The van der Waals surface area contributed by atoms with E-state index in [4.69, 9.17) is 5.73 Å². The predicted octanol–water partition coefficient (Wildman–Crippen LogP) is 2.61. The molecule has 0 aliphatic rings. The Morgan fingerprint density at radius 1 is 1.11 bits per heavy atom. The van der Waals surface area contributed by atoms with Crippen molar-refractivity contribution in [2.24, 2.45) is 10.8 Å². The Labute approximate surface area is 110 Å². The van der Waals surface area contributed by atoms with E-state index in [9.17, 15) is 9.18 Å². The third kappa shape index (κ3) is 7.27. The van der Waals surface area contributed by atoms with E-state index in [0.29, 0.717) is 0 Å². The summed E-state index contributed by atoms with van der Waals surface area (Å²) in [5.74, 6) is -0.250. The Morgan fingerprint density at radius 2 is 1.74 bits per heavy atom. The van der Waals surface area contributed by atoms with Crippen molar-refractivity contribution in [2.75, 3.05) is 0 Å². The highest BCUT2D eigenvalue weighted by Crippen LogP contribution is 2.04. The summed E-state index contributed by atoms with van der Waals surface area (Å²) >= 11 is 0. The summed E-state index contributed by atoms with van der Waals surface area (Å²) < 4.78 is 12.6. The second-order valence-electron chi connectivity index (χ2n) is 3.43. The number of benzene rings is 1. The molecular weight excluding hydrogens is 245 g/mol. The first-order chi connectivity index (χ1) is 9.18. The minimum Gasteiger partial charge on any atom is -0.350 e. The van der Waals surface area contributed by atoms with Crippen molar-refractivity contribution < 1.29 is 9.18 Å². The summed E-state index contributed by atoms with van der Waals surface area (Å²) in [7, 11) is 0. The van der Waals surface area contributed by atoms with Crippen molar-refractivity contribution in [3.05, 3.63) is 66.0 Å². The fourth-order valence-electron chi connectivity index (χ4n) is 1.13. The van der Waals surface area contributed by atoms with Gasteiger partial charge in [0.05, 0.1) is 0 Å². The van der Waals surface area contributed by atoms with Crippen LogP contribution in [0, 0.1) is 5.82 Å². The van der Waals surface area contributed by atoms with Crippen LogP contribution in [0.3, 0.4) is 0 Å². The van der Waals surface area contributed by atoms with Crippen molar-refractivity contribution in [1.82, 2.24) is 5.43 Å². The van der Waals surface area contributed by atoms with E-state index in [2.05, 4.69) is 10.5 Å². The molecule has 3 N–H and O–H groups in total. The standard InChI is InChI=1S/C14H14FN3O/c15-13-9-7-12(8-10-13)6-4-2-1-3-5-11-17-18-14(16)19/h1-11H,(H3,16,18,19)/b2-1+,5-3+,6-4+,17-11+. The van der Waals surface area contributed by atoms with Gasteiger partial charge in [0.1, 0.15) is 5.82 Å². The van der Waals surface area contributed by atoms with Gasteiger partial charge >= 0.3 is 6.03 Å². The fourth-order valence-corrected chi connectivity index (χ4v) is 1.13. The number of nitrogens with two attached hydrogens (primary N) is 1. The molecule has 0 unspecified atom stereocenters. The number of rotatable bonds is 5. The van der Waals surface area contributed by atoms with Crippen molar-refractivity contribution in [3.63, 3.8) is 0 Å².